The molecule has 1 aliphatic carbocycles. The highest BCUT2D eigenvalue weighted by Crippen LogP contribution is 2.53. The molecule has 31 heavy (non-hydrogen) atoms. The molecule has 3 N–H and O–H groups in total. The zero-order chi connectivity index (χ0) is 22.2. The molecular formula is C25H24F2N2OS. The van der Waals surface area contributed by atoms with E-state index in [0.29, 0.717) is 0 Å². The van der Waals surface area contributed by atoms with Crippen molar-refractivity contribution >= 4 is 29.9 Å². The van der Waals surface area contributed by atoms with Gasteiger partial charge in [0.15, 0.2) is 0 Å². The molecule has 1 heterocycles. The first-order valence-electron chi connectivity index (χ1n) is 10.3. The van der Waals surface area contributed by atoms with E-state index in [1.807, 2.05) is 30.3 Å². The van der Waals surface area contributed by atoms with Gasteiger partial charge in [0.25, 0.3) is 0 Å². The molecule has 1 aliphatic heterocycles. The van der Waals surface area contributed by atoms with Crippen LogP contribution in [0.4, 0.5) is 20.2 Å². The van der Waals surface area contributed by atoms with Gasteiger partial charge in [-0.05, 0) is 53.8 Å². The van der Waals surface area contributed by atoms with E-state index in [1.165, 1.54) is 11.6 Å². The first kappa shape index (κ1) is 21.4. The van der Waals surface area contributed by atoms with E-state index in [-0.39, 0.29) is 22.1 Å². The number of carbonyl (C=O) groups is 1. The van der Waals surface area contributed by atoms with Crippen LogP contribution in [0, 0.1) is 11.6 Å². The van der Waals surface area contributed by atoms with Crippen LogP contribution in [0.2, 0.25) is 0 Å². The lowest BCUT2D eigenvalue weighted by atomic mass is 9.65. The summed E-state index contributed by atoms with van der Waals surface area (Å²) in [4.78, 5) is 12.7. The summed E-state index contributed by atoms with van der Waals surface area (Å²) in [6.45, 7) is 2.17. The van der Waals surface area contributed by atoms with Crippen LogP contribution in [-0.2, 0) is 10.2 Å². The van der Waals surface area contributed by atoms with Crippen LogP contribution in [0.1, 0.15) is 48.8 Å². The van der Waals surface area contributed by atoms with Crippen molar-refractivity contribution in [2.24, 2.45) is 0 Å². The molecule has 0 radical (unpaired) electrons. The molecule has 3 aromatic rings. The smallest absolute Gasteiger partial charge is 0.235 e. The second-order valence-corrected chi connectivity index (χ2v) is 8.63. The molecule has 3 nitrogen and oxygen atoms in total. The number of nitrogens with one attached hydrogen (secondary N) is 1. The van der Waals surface area contributed by atoms with E-state index in [2.05, 4.69) is 37.0 Å². The van der Waals surface area contributed by atoms with Crippen LogP contribution >= 0.6 is 12.6 Å². The Kier molecular flexibility index (Phi) is 5.75. The third-order valence-electron chi connectivity index (χ3n) is 6.26. The molecule has 1 saturated carbocycles. The number of amides is 1. The van der Waals surface area contributed by atoms with E-state index in [4.69, 9.17) is 5.73 Å². The van der Waals surface area contributed by atoms with Crippen LogP contribution < -0.4 is 11.1 Å². The molecule has 5 rings (SSSR count). The first-order chi connectivity index (χ1) is 14.8. The number of thiol groups is 1. The summed E-state index contributed by atoms with van der Waals surface area (Å²) in [5.41, 5.74) is 11.1. The average Bonchev–Trinajstić information content (AvgIpc) is 3.03. The van der Waals surface area contributed by atoms with Crippen LogP contribution in [-0.4, -0.2) is 5.91 Å². The van der Waals surface area contributed by atoms with E-state index in [1.54, 1.807) is 0 Å². The minimum absolute atomic E-state index is 0.154. The Hall–Kier alpha value is -2.86. The summed E-state index contributed by atoms with van der Waals surface area (Å²) in [6.07, 6.45) is 2.99. The van der Waals surface area contributed by atoms with E-state index >= 15 is 0 Å². The SMILES string of the molecule is CC(c1ccccc1)c1cc(N)cc2c1NC(=O)C21CCC1.Fc1ccc(S)c(F)c1. The van der Waals surface area contributed by atoms with Gasteiger partial charge in [-0.1, -0.05) is 43.7 Å². The Morgan fingerprint density at radius 2 is 1.77 bits per heavy atom. The van der Waals surface area contributed by atoms with E-state index in [9.17, 15) is 13.6 Å². The quantitative estimate of drug-likeness (QED) is 0.337. The number of benzene rings is 3. The molecule has 2 aliphatic rings. The van der Waals surface area contributed by atoms with Gasteiger partial charge in [0.1, 0.15) is 11.6 Å². The highest BCUT2D eigenvalue weighted by Gasteiger charge is 2.51. The second kappa shape index (κ2) is 8.35. The number of anilines is 2. The van der Waals surface area contributed by atoms with Gasteiger partial charge >= 0.3 is 0 Å². The third-order valence-corrected chi connectivity index (χ3v) is 6.63. The Bertz CT molecular complexity index is 1130. The van der Waals surface area contributed by atoms with E-state index in [0.717, 1.165) is 53.9 Å². The minimum Gasteiger partial charge on any atom is -0.399 e. The van der Waals surface area contributed by atoms with Crippen molar-refractivity contribution in [1.82, 2.24) is 0 Å². The van der Waals surface area contributed by atoms with Crippen molar-refractivity contribution in [3.8, 4) is 0 Å². The largest absolute Gasteiger partial charge is 0.399 e. The Balaban J connectivity index is 0.000000217. The van der Waals surface area contributed by atoms with E-state index < -0.39 is 11.6 Å². The number of carbonyl (C=O) groups excluding carboxylic acids is 1. The Labute approximate surface area is 186 Å². The standard InChI is InChI=1S/C19H20N2O.C6H4F2S/c1-12(13-6-3-2-4-7-13)15-10-14(20)11-16-17(15)21-18(22)19(16)8-5-9-19;7-4-1-2-6(9)5(8)3-4/h2-4,6-7,10-12H,5,8-9,20H2,1H3,(H,21,22);1-3,9H. The van der Waals surface area contributed by atoms with Crippen LogP contribution in [0.25, 0.3) is 0 Å². The lowest BCUT2D eigenvalue weighted by Gasteiger charge is -2.36. The van der Waals surface area contributed by atoms with Crippen LogP contribution in [0.3, 0.4) is 0 Å². The van der Waals surface area contributed by atoms with Crippen LogP contribution in [0.15, 0.2) is 65.6 Å². The summed E-state index contributed by atoms with van der Waals surface area (Å²) in [6, 6.07) is 17.6. The molecule has 0 bridgehead atoms. The summed E-state index contributed by atoms with van der Waals surface area (Å²) in [7, 11) is 0. The number of hydrogen-bond donors (Lipinski definition) is 3. The predicted octanol–water partition coefficient (Wildman–Crippen LogP) is 6.05. The van der Waals surface area contributed by atoms with Gasteiger partial charge < -0.3 is 11.1 Å². The third kappa shape index (κ3) is 3.92. The van der Waals surface area contributed by atoms with Crippen molar-refractivity contribution in [1.29, 1.82) is 0 Å². The van der Waals surface area contributed by atoms with Gasteiger partial charge in [-0.3, -0.25) is 4.79 Å². The maximum Gasteiger partial charge on any atom is 0.235 e. The molecule has 6 heteroatoms. The van der Waals surface area contributed by atoms with Gasteiger partial charge in [-0.2, -0.15) is 0 Å². The summed E-state index contributed by atoms with van der Waals surface area (Å²) in [5.74, 6) is -0.849. The fraction of sp³-hybridized carbons (Fsp3) is 0.240. The van der Waals surface area contributed by atoms with Gasteiger partial charge in [0.05, 0.1) is 5.41 Å². The van der Waals surface area contributed by atoms with Gasteiger partial charge in [0, 0.05) is 28.3 Å². The normalized spacial score (nSPS) is 16.6. The maximum absolute atomic E-state index is 12.5. The molecule has 1 atom stereocenters. The van der Waals surface area contributed by atoms with Gasteiger partial charge in [-0.25, -0.2) is 8.78 Å². The fourth-order valence-electron chi connectivity index (χ4n) is 4.33. The zero-order valence-corrected chi connectivity index (χ0v) is 18.1. The van der Waals surface area contributed by atoms with Crippen molar-refractivity contribution in [2.45, 2.75) is 42.4 Å². The molecule has 1 spiro atoms. The number of rotatable bonds is 2. The maximum atomic E-state index is 12.5. The van der Waals surface area contributed by atoms with Crippen molar-refractivity contribution in [3.05, 3.63) is 89.0 Å². The Morgan fingerprint density at radius 3 is 2.35 bits per heavy atom. The summed E-state index contributed by atoms with van der Waals surface area (Å²) < 4.78 is 24.3. The van der Waals surface area contributed by atoms with Crippen molar-refractivity contribution < 1.29 is 13.6 Å². The molecule has 1 unspecified atom stereocenters. The molecule has 160 valence electrons. The highest BCUT2D eigenvalue weighted by atomic mass is 32.1. The molecule has 1 amide bonds. The van der Waals surface area contributed by atoms with Crippen LogP contribution in [0.5, 0.6) is 0 Å². The molecule has 1 fully saturated rings. The summed E-state index contributed by atoms with van der Waals surface area (Å²) >= 11 is 3.70. The minimum atomic E-state index is -0.627. The second-order valence-electron chi connectivity index (χ2n) is 8.15. The number of fused-ring (bicyclic) bond motifs is 2. The number of nitrogen functional groups attached to an aromatic ring is 1. The number of halogens is 2. The van der Waals surface area contributed by atoms with Gasteiger partial charge in [0.2, 0.25) is 5.91 Å². The Morgan fingerprint density at radius 1 is 1.06 bits per heavy atom. The molecular weight excluding hydrogens is 414 g/mol. The highest BCUT2D eigenvalue weighted by molar-refractivity contribution is 7.80. The fourth-order valence-corrected chi connectivity index (χ4v) is 4.47. The molecule has 0 saturated heterocycles. The zero-order valence-electron chi connectivity index (χ0n) is 17.2. The predicted molar refractivity (Wildman–Crippen MR) is 123 cm³/mol. The molecule has 0 aromatic heterocycles. The number of hydrogen-bond acceptors (Lipinski definition) is 3. The lowest BCUT2D eigenvalue weighted by molar-refractivity contribution is -0.123. The van der Waals surface area contributed by atoms with Crippen molar-refractivity contribution in [3.63, 3.8) is 0 Å². The van der Waals surface area contributed by atoms with Gasteiger partial charge in [-0.15, -0.1) is 12.6 Å². The lowest BCUT2D eigenvalue weighted by Crippen LogP contribution is -2.40. The average molecular weight is 439 g/mol. The van der Waals surface area contributed by atoms with Crippen molar-refractivity contribution in [2.75, 3.05) is 11.1 Å². The molecule has 3 aromatic carbocycles. The number of nitrogens with two attached hydrogens (primary N) is 1. The summed E-state index contributed by atoms with van der Waals surface area (Å²) in [5, 5.41) is 3.14. The topological polar surface area (TPSA) is 55.1 Å². The monoisotopic (exact) mass is 438 g/mol. The first-order valence-corrected chi connectivity index (χ1v) is 10.7.